The lowest BCUT2D eigenvalue weighted by Crippen LogP contribution is -2.14. The molecule has 1 N–H and O–H groups in total. The molecule has 0 spiro atoms. The van der Waals surface area contributed by atoms with Gasteiger partial charge in [-0.3, -0.25) is 4.79 Å². The Balaban J connectivity index is 2.16. The Morgan fingerprint density at radius 2 is 2.44 bits per heavy atom. The predicted molar refractivity (Wildman–Crippen MR) is 72.1 cm³/mol. The number of rotatable bonds is 5. The number of aryl methyl sites for hydroxylation is 1. The quantitative estimate of drug-likeness (QED) is 0.890. The summed E-state index contributed by atoms with van der Waals surface area (Å²) in [5.74, 6) is -0.946. The number of carbonyl (C=O) groups is 1. The molecule has 4 heteroatoms. The first kappa shape index (κ1) is 13.6. The van der Waals surface area contributed by atoms with Crippen molar-refractivity contribution in [3.63, 3.8) is 0 Å². The molecule has 18 heavy (non-hydrogen) atoms. The summed E-state index contributed by atoms with van der Waals surface area (Å²) >= 11 is 1.77. The van der Waals surface area contributed by atoms with Crippen LogP contribution in [0.2, 0.25) is 0 Å². The van der Waals surface area contributed by atoms with E-state index >= 15 is 0 Å². The van der Waals surface area contributed by atoms with Crippen LogP contribution in [-0.2, 0) is 22.4 Å². The zero-order chi connectivity index (χ0) is 13.1. The molecule has 0 bridgehead atoms. The van der Waals surface area contributed by atoms with Crippen LogP contribution in [0.4, 0.5) is 0 Å². The maximum Gasteiger partial charge on any atom is 0.306 e. The number of carboxylic acids is 1. The van der Waals surface area contributed by atoms with Gasteiger partial charge in [-0.2, -0.15) is 0 Å². The van der Waals surface area contributed by atoms with E-state index in [1.54, 1.807) is 18.4 Å². The Morgan fingerprint density at radius 1 is 1.67 bits per heavy atom. The molecule has 3 nitrogen and oxygen atoms in total. The van der Waals surface area contributed by atoms with Crippen molar-refractivity contribution in [3.8, 4) is 0 Å². The van der Waals surface area contributed by atoms with Crippen molar-refractivity contribution in [2.75, 3.05) is 7.11 Å². The summed E-state index contributed by atoms with van der Waals surface area (Å²) in [6, 6.07) is 2.17. The first-order valence-electron chi connectivity index (χ1n) is 6.52. The molecule has 0 fully saturated rings. The van der Waals surface area contributed by atoms with Crippen molar-refractivity contribution in [1.29, 1.82) is 0 Å². The average molecular weight is 268 g/mol. The lowest BCUT2D eigenvalue weighted by atomic mass is 9.95. The van der Waals surface area contributed by atoms with Gasteiger partial charge in [0, 0.05) is 16.9 Å². The second kappa shape index (κ2) is 5.85. The molecule has 2 unspecified atom stereocenters. The largest absolute Gasteiger partial charge is 0.481 e. The van der Waals surface area contributed by atoms with Gasteiger partial charge in [0.25, 0.3) is 0 Å². The van der Waals surface area contributed by atoms with E-state index in [0.717, 1.165) is 12.8 Å². The van der Waals surface area contributed by atoms with Gasteiger partial charge in [0.05, 0.1) is 12.0 Å². The molecule has 1 heterocycles. The molecule has 1 aromatic heterocycles. The third-order valence-corrected chi connectivity index (χ3v) is 4.92. The topological polar surface area (TPSA) is 46.5 Å². The van der Waals surface area contributed by atoms with Gasteiger partial charge in [-0.15, -0.1) is 11.3 Å². The minimum absolute atomic E-state index is 0.212. The van der Waals surface area contributed by atoms with E-state index in [1.165, 1.54) is 21.7 Å². The molecular formula is C14H20O3S. The van der Waals surface area contributed by atoms with Gasteiger partial charge < -0.3 is 9.84 Å². The molecule has 1 aliphatic carbocycles. The normalized spacial score (nSPS) is 20.4. The molecule has 0 aliphatic heterocycles. The van der Waals surface area contributed by atoms with Crippen molar-refractivity contribution in [3.05, 3.63) is 21.4 Å². The number of thiophene rings is 1. The van der Waals surface area contributed by atoms with Crippen LogP contribution in [-0.4, -0.2) is 18.2 Å². The summed E-state index contributed by atoms with van der Waals surface area (Å²) in [5.41, 5.74) is 1.30. The average Bonchev–Trinajstić information content (AvgIpc) is 2.77. The monoisotopic (exact) mass is 268 g/mol. The number of fused-ring (bicyclic) bond motifs is 1. The summed E-state index contributed by atoms with van der Waals surface area (Å²) in [7, 11) is 1.75. The molecule has 0 aromatic carbocycles. The van der Waals surface area contributed by atoms with Crippen LogP contribution in [0, 0.1) is 5.92 Å². The number of ether oxygens (including phenoxy) is 1. The highest BCUT2D eigenvalue weighted by atomic mass is 32.1. The molecule has 1 aliphatic rings. The third-order valence-electron chi connectivity index (χ3n) is 3.68. The Labute approximate surface area is 112 Å². The maximum absolute atomic E-state index is 11.1. The van der Waals surface area contributed by atoms with Gasteiger partial charge >= 0.3 is 5.97 Å². The van der Waals surface area contributed by atoms with E-state index in [0.29, 0.717) is 12.8 Å². The summed E-state index contributed by atoms with van der Waals surface area (Å²) in [6.07, 6.45) is 4.91. The highest BCUT2D eigenvalue weighted by Crippen LogP contribution is 2.38. The van der Waals surface area contributed by atoms with Gasteiger partial charge in [-0.25, -0.2) is 0 Å². The lowest BCUT2D eigenvalue weighted by Gasteiger charge is -2.20. The number of aliphatic carboxylic acids is 1. The molecule has 2 atom stereocenters. The number of hydrogen-bond donors (Lipinski definition) is 1. The smallest absolute Gasteiger partial charge is 0.306 e. The minimum atomic E-state index is -0.688. The highest BCUT2D eigenvalue weighted by molar-refractivity contribution is 7.12. The Morgan fingerprint density at radius 3 is 3.06 bits per heavy atom. The first-order valence-corrected chi connectivity index (χ1v) is 7.34. The Hall–Kier alpha value is -0.870. The fraction of sp³-hybridized carbons (Fsp3) is 0.643. The first-order chi connectivity index (χ1) is 8.65. The van der Waals surface area contributed by atoms with E-state index < -0.39 is 5.97 Å². The summed E-state index contributed by atoms with van der Waals surface area (Å²) in [4.78, 5) is 13.7. The fourth-order valence-corrected chi connectivity index (χ4v) is 3.91. The van der Waals surface area contributed by atoms with Crippen molar-refractivity contribution in [2.24, 2.45) is 5.92 Å². The molecule has 0 radical (unpaired) electrons. The molecule has 1 aromatic rings. The van der Waals surface area contributed by atoms with Crippen LogP contribution < -0.4 is 0 Å². The van der Waals surface area contributed by atoms with E-state index in [-0.39, 0.29) is 12.0 Å². The van der Waals surface area contributed by atoms with E-state index in [9.17, 15) is 4.79 Å². The molecule has 0 saturated carbocycles. The second-order valence-corrected chi connectivity index (χ2v) is 6.08. The summed E-state index contributed by atoms with van der Waals surface area (Å²) < 4.78 is 5.50. The van der Waals surface area contributed by atoms with Gasteiger partial charge in [0.15, 0.2) is 0 Å². The van der Waals surface area contributed by atoms with Crippen LogP contribution >= 0.6 is 11.3 Å². The van der Waals surface area contributed by atoms with Crippen LogP contribution in [0.5, 0.6) is 0 Å². The zero-order valence-corrected chi connectivity index (χ0v) is 11.8. The fourth-order valence-electron chi connectivity index (χ4n) is 2.57. The lowest BCUT2D eigenvalue weighted by molar-refractivity contribution is -0.141. The predicted octanol–water partition coefficient (Wildman–Crippen LogP) is 3.43. The van der Waals surface area contributed by atoms with Crippen LogP contribution in [0.1, 0.15) is 47.6 Å². The third kappa shape index (κ3) is 2.75. The van der Waals surface area contributed by atoms with Crippen molar-refractivity contribution >= 4 is 17.3 Å². The highest BCUT2D eigenvalue weighted by Gasteiger charge is 2.24. The van der Waals surface area contributed by atoms with Crippen LogP contribution in [0.3, 0.4) is 0 Å². The maximum atomic E-state index is 11.1. The van der Waals surface area contributed by atoms with E-state index in [1.807, 2.05) is 6.92 Å². The van der Waals surface area contributed by atoms with Gasteiger partial charge in [0.1, 0.15) is 0 Å². The van der Waals surface area contributed by atoms with Crippen molar-refractivity contribution < 1.29 is 14.6 Å². The Kier molecular flexibility index (Phi) is 4.40. The number of hydrogen-bond acceptors (Lipinski definition) is 3. The molecule has 0 saturated heterocycles. The van der Waals surface area contributed by atoms with Crippen LogP contribution in [0.15, 0.2) is 6.07 Å². The molecule has 2 rings (SSSR count). The SMILES string of the molecule is CCC(Cc1cc2c(s1)CCCC2OC)C(=O)O. The summed E-state index contributed by atoms with van der Waals surface area (Å²) in [6.45, 7) is 1.93. The summed E-state index contributed by atoms with van der Waals surface area (Å²) in [5, 5.41) is 9.12. The minimum Gasteiger partial charge on any atom is -0.481 e. The molecule has 0 amide bonds. The van der Waals surface area contributed by atoms with Crippen molar-refractivity contribution in [2.45, 2.75) is 45.1 Å². The standard InChI is InChI=1S/C14H20O3S/c1-3-9(14(15)16)7-10-8-11-12(17-2)5-4-6-13(11)18-10/h8-9,12H,3-7H2,1-2H3,(H,15,16). The molecular weight excluding hydrogens is 248 g/mol. The van der Waals surface area contributed by atoms with Crippen LogP contribution in [0.25, 0.3) is 0 Å². The van der Waals surface area contributed by atoms with Crippen molar-refractivity contribution in [1.82, 2.24) is 0 Å². The van der Waals surface area contributed by atoms with E-state index in [2.05, 4.69) is 6.07 Å². The molecule has 100 valence electrons. The second-order valence-electron chi connectivity index (χ2n) is 4.86. The van der Waals surface area contributed by atoms with E-state index in [4.69, 9.17) is 9.84 Å². The Bertz CT molecular complexity index is 425. The van der Waals surface area contributed by atoms with Gasteiger partial charge in [-0.05, 0) is 43.7 Å². The van der Waals surface area contributed by atoms with Gasteiger partial charge in [-0.1, -0.05) is 6.92 Å². The number of methoxy groups -OCH3 is 1. The number of carboxylic acid groups (broad SMARTS) is 1. The van der Waals surface area contributed by atoms with Gasteiger partial charge in [0.2, 0.25) is 0 Å². The zero-order valence-electron chi connectivity index (χ0n) is 10.9.